The molecule has 1 saturated carbocycles. The Morgan fingerprint density at radius 1 is 1.19 bits per heavy atom. The van der Waals surface area contributed by atoms with E-state index < -0.39 is 0 Å². The third kappa shape index (κ3) is 3.04. The fourth-order valence-electron chi connectivity index (χ4n) is 2.71. The Balaban J connectivity index is 1.76. The van der Waals surface area contributed by atoms with Gasteiger partial charge in [-0.3, -0.25) is 0 Å². The molecule has 0 unspecified atom stereocenters. The molecule has 3 rings (SSSR count). The summed E-state index contributed by atoms with van der Waals surface area (Å²) in [7, 11) is 0. The summed E-state index contributed by atoms with van der Waals surface area (Å²) in [4.78, 5) is 6.94. The number of hydrogen-bond acceptors (Lipinski definition) is 3. The molecule has 1 aromatic carbocycles. The van der Waals surface area contributed by atoms with Gasteiger partial charge in [0.25, 0.3) is 0 Å². The largest absolute Gasteiger partial charge is 0.372 e. The summed E-state index contributed by atoms with van der Waals surface area (Å²) in [5.74, 6) is 0.964. The Bertz CT molecular complexity index is 592. The van der Waals surface area contributed by atoms with E-state index in [1.807, 2.05) is 6.92 Å². The van der Waals surface area contributed by atoms with Gasteiger partial charge in [0, 0.05) is 36.7 Å². The number of aromatic nitrogens is 2. The Kier molecular flexibility index (Phi) is 3.86. The summed E-state index contributed by atoms with van der Waals surface area (Å²) in [6, 6.07) is 9.26. The van der Waals surface area contributed by atoms with Gasteiger partial charge in [-0.05, 0) is 57.9 Å². The minimum absolute atomic E-state index is 0.642. The molecular formula is C17H24N4. The maximum Gasteiger partial charge on any atom is 0.207 e. The summed E-state index contributed by atoms with van der Waals surface area (Å²) in [6.45, 7) is 8.49. The highest BCUT2D eigenvalue weighted by Crippen LogP contribution is 2.38. The molecule has 21 heavy (non-hydrogen) atoms. The number of aryl methyl sites for hydroxylation is 1. The van der Waals surface area contributed by atoms with Gasteiger partial charge >= 0.3 is 0 Å². The molecule has 2 aromatic rings. The summed E-state index contributed by atoms with van der Waals surface area (Å²) in [5, 5.41) is 3.45. The average molecular weight is 284 g/mol. The number of hydrogen-bond donors (Lipinski definition) is 1. The van der Waals surface area contributed by atoms with Gasteiger partial charge in [0.2, 0.25) is 5.95 Å². The summed E-state index contributed by atoms with van der Waals surface area (Å²) in [5.41, 5.74) is 3.44. The van der Waals surface area contributed by atoms with Crippen molar-refractivity contribution >= 4 is 17.3 Å². The first-order valence-electron chi connectivity index (χ1n) is 7.88. The minimum Gasteiger partial charge on any atom is -0.372 e. The predicted molar refractivity (Wildman–Crippen MR) is 88.5 cm³/mol. The van der Waals surface area contributed by atoms with Crippen molar-refractivity contribution in [2.75, 3.05) is 23.3 Å². The Morgan fingerprint density at radius 2 is 1.86 bits per heavy atom. The highest BCUT2D eigenvalue weighted by molar-refractivity contribution is 5.59. The van der Waals surface area contributed by atoms with Crippen molar-refractivity contribution in [2.24, 2.45) is 0 Å². The van der Waals surface area contributed by atoms with Gasteiger partial charge in [0.05, 0.1) is 5.69 Å². The number of rotatable bonds is 6. The zero-order valence-electron chi connectivity index (χ0n) is 13.1. The van der Waals surface area contributed by atoms with Crippen LogP contribution in [0, 0.1) is 6.92 Å². The quantitative estimate of drug-likeness (QED) is 0.866. The third-order valence-corrected chi connectivity index (χ3v) is 4.05. The van der Waals surface area contributed by atoms with E-state index >= 15 is 0 Å². The van der Waals surface area contributed by atoms with E-state index in [-0.39, 0.29) is 0 Å². The Morgan fingerprint density at radius 3 is 2.43 bits per heavy atom. The second kappa shape index (κ2) is 5.80. The van der Waals surface area contributed by atoms with Crippen molar-refractivity contribution in [3.8, 4) is 0 Å². The summed E-state index contributed by atoms with van der Waals surface area (Å²) >= 11 is 0. The molecule has 1 N–H and O–H groups in total. The van der Waals surface area contributed by atoms with Crippen LogP contribution in [-0.4, -0.2) is 22.6 Å². The number of nitrogens with one attached hydrogen (secondary N) is 1. The lowest BCUT2D eigenvalue weighted by Gasteiger charge is -2.21. The molecule has 0 saturated heterocycles. The minimum atomic E-state index is 0.642. The number of anilines is 3. The molecule has 1 aromatic heterocycles. The van der Waals surface area contributed by atoms with Crippen molar-refractivity contribution in [1.82, 2.24) is 9.55 Å². The van der Waals surface area contributed by atoms with Gasteiger partial charge in [-0.25, -0.2) is 4.98 Å². The molecule has 0 atom stereocenters. The van der Waals surface area contributed by atoms with Crippen molar-refractivity contribution in [1.29, 1.82) is 0 Å². The van der Waals surface area contributed by atoms with Gasteiger partial charge in [-0.1, -0.05) is 0 Å². The van der Waals surface area contributed by atoms with Crippen LogP contribution in [0.2, 0.25) is 0 Å². The zero-order valence-corrected chi connectivity index (χ0v) is 13.1. The second-order valence-electron chi connectivity index (χ2n) is 5.69. The van der Waals surface area contributed by atoms with Crippen LogP contribution >= 0.6 is 0 Å². The van der Waals surface area contributed by atoms with Crippen LogP contribution in [-0.2, 0) is 0 Å². The van der Waals surface area contributed by atoms with Crippen LogP contribution in [0.25, 0.3) is 0 Å². The Hall–Kier alpha value is -1.97. The van der Waals surface area contributed by atoms with Crippen LogP contribution in [0.3, 0.4) is 0 Å². The molecule has 4 heteroatoms. The topological polar surface area (TPSA) is 33.1 Å². The molecule has 1 heterocycles. The summed E-state index contributed by atoms with van der Waals surface area (Å²) < 4.78 is 2.27. The monoisotopic (exact) mass is 284 g/mol. The first-order chi connectivity index (χ1) is 10.2. The SMILES string of the molecule is CCN(CC)c1ccc(Nc2nc(C)cn2C2CC2)cc1. The first kappa shape index (κ1) is 14.0. The maximum absolute atomic E-state index is 4.60. The van der Waals surface area contributed by atoms with Crippen molar-refractivity contribution < 1.29 is 0 Å². The molecule has 1 aliphatic carbocycles. The third-order valence-electron chi connectivity index (χ3n) is 4.05. The average Bonchev–Trinajstić information content (AvgIpc) is 3.26. The number of imidazole rings is 1. The van der Waals surface area contributed by atoms with Gasteiger partial charge in [-0.15, -0.1) is 0 Å². The van der Waals surface area contributed by atoms with E-state index in [1.165, 1.54) is 18.5 Å². The van der Waals surface area contributed by atoms with Crippen molar-refractivity contribution in [3.63, 3.8) is 0 Å². The molecule has 4 nitrogen and oxygen atoms in total. The molecule has 0 bridgehead atoms. The molecule has 0 radical (unpaired) electrons. The van der Waals surface area contributed by atoms with Crippen LogP contribution in [0.1, 0.15) is 38.4 Å². The molecule has 0 spiro atoms. The van der Waals surface area contributed by atoms with Crippen LogP contribution in [0.15, 0.2) is 30.5 Å². The lowest BCUT2D eigenvalue weighted by atomic mass is 10.2. The molecule has 112 valence electrons. The first-order valence-corrected chi connectivity index (χ1v) is 7.88. The lowest BCUT2D eigenvalue weighted by molar-refractivity contribution is 0.750. The number of nitrogens with zero attached hydrogens (tertiary/aromatic N) is 3. The molecule has 0 aliphatic heterocycles. The second-order valence-corrected chi connectivity index (χ2v) is 5.69. The van der Waals surface area contributed by atoms with Gasteiger partial charge in [0.15, 0.2) is 0 Å². The molecule has 1 fully saturated rings. The molecular weight excluding hydrogens is 260 g/mol. The van der Waals surface area contributed by atoms with Gasteiger partial charge < -0.3 is 14.8 Å². The standard InChI is InChI=1S/C17H24N4/c1-4-20(5-2)15-8-6-14(7-9-15)19-17-18-13(3)12-21(17)16-10-11-16/h6-9,12,16H,4-5,10-11H2,1-3H3,(H,18,19). The van der Waals surface area contributed by atoms with E-state index in [9.17, 15) is 0 Å². The van der Waals surface area contributed by atoms with Crippen molar-refractivity contribution in [2.45, 2.75) is 39.7 Å². The fourth-order valence-corrected chi connectivity index (χ4v) is 2.71. The highest BCUT2D eigenvalue weighted by atomic mass is 15.2. The van der Waals surface area contributed by atoms with Crippen LogP contribution < -0.4 is 10.2 Å². The van der Waals surface area contributed by atoms with E-state index in [0.29, 0.717) is 6.04 Å². The van der Waals surface area contributed by atoms with E-state index in [2.05, 4.69) is 64.1 Å². The van der Waals surface area contributed by atoms with Gasteiger partial charge in [0.1, 0.15) is 0 Å². The smallest absolute Gasteiger partial charge is 0.207 e. The highest BCUT2D eigenvalue weighted by Gasteiger charge is 2.26. The van der Waals surface area contributed by atoms with E-state index in [0.717, 1.165) is 30.4 Å². The number of benzene rings is 1. The zero-order chi connectivity index (χ0) is 14.8. The maximum atomic E-state index is 4.60. The normalized spacial score (nSPS) is 14.2. The Labute approximate surface area is 126 Å². The summed E-state index contributed by atoms with van der Waals surface area (Å²) in [6.07, 6.45) is 4.68. The molecule has 1 aliphatic rings. The van der Waals surface area contributed by atoms with Gasteiger partial charge in [-0.2, -0.15) is 0 Å². The lowest BCUT2D eigenvalue weighted by Crippen LogP contribution is -2.21. The van der Waals surface area contributed by atoms with E-state index in [1.54, 1.807) is 0 Å². The van der Waals surface area contributed by atoms with E-state index in [4.69, 9.17) is 0 Å². The fraction of sp³-hybridized carbons (Fsp3) is 0.471. The van der Waals surface area contributed by atoms with Crippen LogP contribution in [0.5, 0.6) is 0 Å². The van der Waals surface area contributed by atoms with Crippen LogP contribution in [0.4, 0.5) is 17.3 Å². The predicted octanol–water partition coefficient (Wildman–Crippen LogP) is 4.12. The van der Waals surface area contributed by atoms with Crippen molar-refractivity contribution in [3.05, 3.63) is 36.2 Å². The molecule has 0 amide bonds.